The van der Waals surface area contributed by atoms with Crippen LogP contribution in [0.3, 0.4) is 0 Å². The number of hydrogen-bond acceptors (Lipinski definition) is 3. The van der Waals surface area contributed by atoms with E-state index in [-0.39, 0.29) is 23.8 Å². The summed E-state index contributed by atoms with van der Waals surface area (Å²) in [7, 11) is 0. The standard InChI is InChI=1S/C24H43NO3/c1-2-3-4-5-6-7-8-9-10-11-12-13-14-20-28-24(27)22-16-15-19-25(22)23(26)21-17-18-21/h21-22H,2-20H2,1H3. The Balaban J connectivity index is 1.38. The summed E-state index contributed by atoms with van der Waals surface area (Å²) < 4.78 is 5.47. The maximum absolute atomic E-state index is 12.3. The molecule has 4 heteroatoms. The van der Waals surface area contributed by atoms with Crippen LogP contribution in [-0.4, -0.2) is 36.0 Å². The SMILES string of the molecule is CCCCCCCCCCCCCCCOC(=O)C1CCCN1C(=O)C1CC1. The van der Waals surface area contributed by atoms with Gasteiger partial charge in [-0.15, -0.1) is 0 Å². The first-order chi connectivity index (χ1) is 13.7. The van der Waals surface area contributed by atoms with Gasteiger partial charge in [-0.3, -0.25) is 4.79 Å². The largest absolute Gasteiger partial charge is 0.464 e. The van der Waals surface area contributed by atoms with Gasteiger partial charge in [0.25, 0.3) is 0 Å². The van der Waals surface area contributed by atoms with E-state index in [1.54, 1.807) is 4.90 Å². The lowest BCUT2D eigenvalue weighted by atomic mass is 10.0. The van der Waals surface area contributed by atoms with Gasteiger partial charge in [-0.05, 0) is 32.1 Å². The average Bonchev–Trinajstić information content (AvgIpc) is 3.43. The van der Waals surface area contributed by atoms with Crippen molar-refractivity contribution in [3.63, 3.8) is 0 Å². The fourth-order valence-corrected chi connectivity index (χ4v) is 4.23. The number of ether oxygens (including phenoxy) is 1. The maximum atomic E-state index is 12.3. The summed E-state index contributed by atoms with van der Waals surface area (Å²) in [6, 6.07) is -0.310. The number of nitrogens with zero attached hydrogens (tertiary/aromatic N) is 1. The van der Waals surface area contributed by atoms with E-state index in [0.29, 0.717) is 6.61 Å². The summed E-state index contributed by atoms with van der Waals surface area (Å²) in [5, 5.41) is 0. The van der Waals surface area contributed by atoms with Crippen molar-refractivity contribution in [3.05, 3.63) is 0 Å². The van der Waals surface area contributed by atoms with E-state index in [2.05, 4.69) is 6.92 Å². The lowest BCUT2D eigenvalue weighted by molar-refractivity contribution is -0.153. The second kappa shape index (κ2) is 14.0. The molecule has 0 aromatic carbocycles. The quantitative estimate of drug-likeness (QED) is 0.238. The monoisotopic (exact) mass is 393 g/mol. The van der Waals surface area contributed by atoms with Crippen molar-refractivity contribution in [2.45, 2.75) is 122 Å². The average molecular weight is 394 g/mol. The molecule has 0 N–H and O–H groups in total. The fraction of sp³-hybridized carbons (Fsp3) is 0.917. The highest BCUT2D eigenvalue weighted by Crippen LogP contribution is 2.33. The molecule has 1 unspecified atom stereocenters. The van der Waals surface area contributed by atoms with Crippen LogP contribution in [0, 0.1) is 5.92 Å². The highest BCUT2D eigenvalue weighted by Gasteiger charge is 2.41. The first-order valence-electron chi connectivity index (χ1n) is 12.2. The molecule has 28 heavy (non-hydrogen) atoms. The Bertz CT molecular complexity index is 447. The normalized spacial score (nSPS) is 19.2. The highest BCUT2D eigenvalue weighted by molar-refractivity contribution is 5.87. The Kier molecular flexibility index (Phi) is 11.6. The fourth-order valence-electron chi connectivity index (χ4n) is 4.23. The van der Waals surface area contributed by atoms with Crippen molar-refractivity contribution in [1.29, 1.82) is 0 Å². The van der Waals surface area contributed by atoms with E-state index in [0.717, 1.165) is 45.1 Å². The number of unbranched alkanes of at least 4 members (excludes halogenated alkanes) is 12. The molecule has 0 aromatic heterocycles. The summed E-state index contributed by atoms with van der Waals surface area (Å²) in [5.74, 6) is 0.195. The molecule has 0 spiro atoms. The molecule has 1 aliphatic heterocycles. The lowest BCUT2D eigenvalue weighted by Crippen LogP contribution is -2.42. The van der Waals surface area contributed by atoms with E-state index in [9.17, 15) is 9.59 Å². The number of carbonyl (C=O) groups excluding carboxylic acids is 2. The van der Waals surface area contributed by atoms with Crippen molar-refractivity contribution in [3.8, 4) is 0 Å². The molecule has 0 radical (unpaired) electrons. The molecule has 4 nitrogen and oxygen atoms in total. The molecule has 0 bridgehead atoms. The highest BCUT2D eigenvalue weighted by atomic mass is 16.5. The van der Waals surface area contributed by atoms with Crippen molar-refractivity contribution in [2.24, 2.45) is 5.92 Å². The third-order valence-corrected chi connectivity index (χ3v) is 6.23. The second-order valence-electron chi connectivity index (χ2n) is 8.87. The predicted octanol–water partition coefficient (Wildman–Crippen LogP) is 6.02. The van der Waals surface area contributed by atoms with Crippen LogP contribution in [0.2, 0.25) is 0 Å². The van der Waals surface area contributed by atoms with Gasteiger partial charge in [-0.25, -0.2) is 4.79 Å². The van der Waals surface area contributed by atoms with Gasteiger partial charge in [0.05, 0.1) is 6.61 Å². The Hall–Kier alpha value is -1.06. The Morgan fingerprint density at radius 2 is 1.32 bits per heavy atom. The number of carbonyl (C=O) groups is 2. The van der Waals surface area contributed by atoms with Gasteiger partial charge in [0.15, 0.2) is 0 Å². The predicted molar refractivity (Wildman–Crippen MR) is 114 cm³/mol. The van der Waals surface area contributed by atoms with Gasteiger partial charge in [-0.1, -0.05) is 84.0 Å². The van der Waals surface area contributed by atoms with Crippen LogP contribution in [0.5, 0.6) is 0 Å². The molecular formula is C24H43NO3. The molecule has 1 heterocycles. The van der Waals surface area contributed by atoms with Crippen molar-refractivity contribution >= 4 is 11.9 Å². The van der Waals surface area contributed by atoms with Gasteiger partial charge in [-0.2, -0.15) is 0 Å². The Labute approximate surface area is 172 Å². The first-order valence-corrected chi connectivity index (χ1v) is 12.2. The summed E-state index contributed by atoms with van der Waals surface area (Å²) in [4.78, 5) is 26.3. The van der Waals surface area contributed by atoms with Gasteiger partial charge in [0.2, 0.25) is 5.91 Å². The summed E-state index contributed by atoms with van der Waals surface area (Å²) >= 11 is 0. The first kappa shape index (κ1) is 23.2. The molecule has 2 rings (SSSR count). The van der Waals surface area contributed by atoms with Crippen LogP contribution in [-0.2, 0) is 14.3 Å². The van der Waals surface area contributed by atoms with E-state index in [4.69, 9.17) is 4.74 Å². The molecule has 1 saturated carbocycles. The van der Waals surface area contributed by atoms with Gasteiger partial charge in [0.1, 0.15) is 6.04 Å². The number of hydrogen-bond donors (Lipinski definition) is 0. The minimum Gasteiger partial charge on any atom is -0.464 e. The number of likely N-dealkylation sites (tertiary alicyclic amines) is 1. The third kappa shape index (κ3) is 8.96. The third-order valence-electron chi connectivity index (χ3n) is 6.23. The topological polar surface area (TPSA) is 46.6 Å². The van der Waals surface area contributed by atoms with Crippen LogP contribution >= 0.6 is 0 Å². The van der Waals surface area contributed by atoms with Crippen LogP contribution in [0.1, 0.15) is 116 Å². The number of amides is 1. The molecule has 1 amide bonds. The zero-order chi connectivity index (χ0) is 20.0. The van der Waals surface area contributed by atoms with Crippen molar-refractivity contribution in [1.82, 2.24) is 4.90 Å². The Morgan fingerprint density at radius 1 is 0.786 bits per heavy atom. The zero-order valence-electron chi connectivity index (χ0n) is 18.3. The molecule has 2 aliphatic rings. The van der Waals surface area contributed by atoms with Gasteiger partial charge >= 0.3 is 5.97 Å². The molecule has 1 atom stereocenters. The van der Waals surface area contributed by atoms with Gasteiger partial charge in [0, 0.05) is 12.5 Å². The molecule has 162 valence electrons. The minimum atomic E-state index is -0.310. The Morgan fingerprint density at radius 3 is 1.86 bits per heavy atom. The molecule has 1 saturated heterocycles. The summed E-state index contributed by atoms with van der Waals surface area (Å²) in [5.41, 5.74) is 0. The molecule has 0 aromatic rings. The van der Waals surface area contributed by atoms with Gasteiger partial charge < -0.3 is 9.64 Å². The zero-order valence-corrected chi connectivity index (χ0v) is 18.3. The van der Waals surface area contributed by atoms with E-state index >= 15 is 0 Å². The van der Waals surface area contributed by atoms with Crippen molar-refractivity contribution in [2.75, 3.05) is 13.2 Å². The lowest BCUT2D eigenvalue weighted by Gasteiger charge is -2.23. The van der Waals surface area contributed by atoms with Crippen LogP contribution in [0.4, 0.5) is 0 Å². The molecule has 2 fully saturated rings. The number of rotatable bonds is 16. The number of esters is 1. The summed E-state index contributed by atoms with van der Waals surface area (Å²) in [6.45, 7) is 3.51. The minimum absolute atomic E-state index is 0.176. The smallest absolute Gasteiger partial charge is 0.328 e. The van der Waals surface area contributed by atoms with Crippen LogP contribution in [0.25, 0.3) is 0 Å². The summed E-state index contributed by atoms with van der Waals surface area (Å²) in [6.07, 6.45) is 20.8. The molecule has 1 aliphatic carbocycles. The molecular weight excluding hydrogens is 350 g/mol. The maximum Gasteiger partial charge on any atom is 0.328 e. The van der Waals surface area contributed by atoms with Crippen molar-refractivity contribution < 1.29 is 14.3 Å². The van der Waals surface area contributed by atoms with E-state index in [1.165, 1.54) is 70.6 Å². The second-order valence-corrected chi connectivity index (χ2v) is 8.87. The van der Waals surface area contributed by atoms with Crippen LogP contribution < -0.4 is 0 Å². The van der Waals surface area contributed by atoms with E-state index in [1.807, 2.05) is 0 Å². The van der Waals surface area contributed by atoms with Crippen LogP contribution in [0.15, 0.2) is 0 Å². The van der Waals surface area contributed by atoms with E-state index < -0.39 is 0 Å².